The van der Waals surface area contributed by atoms with Gasteiger partial charge in [-0.15, -0.1) is 0 Å². The highest BCUT2D eigenvalue weighted by atomic mass is 16.5. The van der Waals surface area contributed by atoms with Crippen molar-refractivity contribution >= 4 is 11.9 Å². The van der Waals surface area contributed by atoms with Crippen LogP contribution in [0.15, 0.2) is 0 Å². The number of hydrogen-bond acceptors (Lipinski definition) is 5. The molecule has 0 spiro atoms. The van der Waals surface area contributed by atoms with Gasteiger partial charge in [0.25, 0.3) is 0 Å². The molecule has 0 amide bonds. The van der Waals surface area contributed by atoms with E-state index in [-0.39, 0.29) is 17.9 Å². The summed E-state index contributed by atoms with van der Waals surface area (Å²) in [5.41, 5.74) is 1.11. The van der Waals surface area contributed by atoms with Crippen LogP contribution in [0.2, 0.25) is 0 Å². The molecule has 4 N–H and O–H groups in total. The summed E-state index contributed by atoms with van der Waals surface area (Å²) in [6.07, 6.45) is -3.57. The molecule has 0 aromatic carbocycles. The second-order valence-corrected chi connectivity index (χ2v) is 4.11. The molecule has 19 heavy (non-hydrogen) atoms. The fourth-order valence-electron chi connectivity index (χ4n) is 1.91. The number of aliphatic hydroxyl groups is 2. The van der Waals surface area contributed by atoms with E-state index in [2.05, 4.69) is 4.98 Å². The average Bonchev–Trinajstić information content (AvgIpc) is 2.63. The quantitative estimate of drug-likeness (QED) is 0.571. The third-order valence-electron chi connectivity index (χ3n) is 2.82. The lowest BCUT2D eigenvalue weighted by molar-refractivity contribution is -0.153. The van der Waals surface area contributed by atoms with E-state index in [9.17, 15) is 19.8 Å². The predicted octanol–water partition coefficient (Wildman–Crippen LogP) is 0.287. The Morgan fingerprint density at radius 2 is 1.89 bits per heavy atom. The number of aliphatic hydroxyl groups excluding tert-OH is 2. The summed E-state index contributed by atoms with van der Waals surface area (Å²) in [6.45, 7) is 4.98. The minimum absolute atomic E-state index is 0.144. The van der Waals surface area contributed by atoms with E-state index >= 15 is 0 Å². The molecule has 1 heterocycles. The lowest BCUT2D eigenvalue weighted by Gasteiger charge is -2.15. The van der Waals surface area contributed by atoms with E-state index < -0.39 is 24.1 Å². The van der Waals surface area contributed by atoms with Crippen LogP contribution in [0.25, 0.3) is 0 Å². The highest BCUT2D eigenvalue weighted by molar-refractivity contribution is 5.90. The standard InChI is InChI=1S/C12H17NO6/c1-4-19-12(18)8-5(2)7(6(3)13-8)9(14)10(15)11(16)17/h9-10,13-15H,4H2,1-3H3,(H,16,17). The largest absolute Gasteiger partial charge is 0.479 e. The van der Waals surface area contributed by atoms with E-state index in [1.807, 2.05) is 0 Å². The van der Waals surface area contributed by atoms with Gasteiger partial charge >= 0.3 is 11.9 Å². The van der Waals surface area contributed by atoms with Gasteiger partial charge in [0.05, 0.1) is 6.61 Å². The van der Waals surface area contributed by atoms with E-state index in [4.69, 9.17) is 9.84 Å². The fraction of sp³-hybridized carbons (Fsp3) is 0.500. The summed E-state index contributed by atoms with van der Waals surface area (Å²) in [5, 5.41) is 27.9. The molecule has 0 aliphatic rings. The number of nitrogens with one attached hydrogen (secondary N) is 1. The Balaban J connectivity index is 3.16. The van der Waals surface area contributed by atoms with Crippen molar-refractivity contribution in [1.29, 1.82) is 0 Å². The number of carbonyl (C=O) groups excluding carboxylic acids is 1. The monoisotopic (exact) mass is 271 g/mol. The van der Waals surface area contributed by atoms with Crippen molar-refractivity contribution < 1.29 is 29.6 Å². The van der Waals surface area contributed by atoms with Gasteiger partial charge in [0.1, 0.15) is 11.8 Å². The van der Waals surface area contributed by atoms with Gasteiger partial charge in [-0.1, -0.05) is 0 Å². The molecule has 0 bridgehead atoms. The zero-order chi connectivity index (χ0) is 14.7. The van der Waals surface area contributed by atoms with Crippen LogP contribution in [-0.4, -0.2) is 45.0 Å². The molecule has 2 atom stereocenters. The van der Waals surface area contributed by atoms with Crippen LogP contribution in [0.3, 0.4) is 0 Å². The van der Waals surface area contributed by atoms with Crippen molar-refractivity contribution in [2.24, 2.45) is 0 Å². The number of carboxylic acid groups (broad SMARTS) is 1. The van der Waals surface area contributed by atoms with Crippen LogP contribution < -0.4 is 0 Å². The van der Waals surface area contributed by atoms with Crippen molar-refractivity contribution in [2.75, 3.05) is 6.61 Å². The molecular weight excluding hydrogens is 254 g/mol. The molecule has 0 saturated heterocycles. The maximum atomic E-state index is 11.6. The zero-order valence-corrected chi connectivity index (χ0v) is 10.9. The number of carboxylic acids is 1. The summed E-state index contributed by atoms with van der Waals surface area (Å²) < 4.78 is 4.83. The van der Waals surface area contributed by atoms with Gasteiger partial charge in [-0.25, -0.2) is 9.59 Å². The molecule has 106 valence electrons. The number of ether oxygens (including phenoxy) is 1. The van der Waals surface area contributed by atoms with Gasteiger partial charge in [-0.3, -0.25) is 0 Å². The molecule has 1 aromatic rings. The van der Waals surface area contributed by atoms with Crippen LogP contribution in [0.4, 0.5) is 0 Å². The first-order chi connectivity index (χ1) is 8.81. The van der Waals surface area contributed by atoms with Crippen LogP contribution in [0.5, 0.6) is 0 Å². The van der Waals surface area contributed by atoms with E-state index in [1.165, 1.54) is 0 Å². The molecule has 7 nitrogen and oxygen atoms in total. The highest BCUT2D eigenvalue weighted by Gasteiger charge is 2.31. The molecule has 1 aromatic heterocycles. The highest BCUT2D eigenvalue weighted by Crippen LogP contribution is 2.27. The molecule has 0 radical (unpaired) electrons. The second-order valence-electron chi connectivity index (χ2n) is 4.11. The molecule has 7 heteroatoms. The van der Waals surface area contributed by atoms with Crippen LogP contribution in [-0.2, 0) is 9.53 Å². The maximum Gasteiger partial charge on any atom is 0.355 e. The van der Waals surface area contributed by atoms with E-state index in [1.54, 1.807) is 20.8 Å². The number of H-pyrrole nitrogens is 1. The molecular formula is C12H17NO6. The van der Waals surface area contributed by atoms with Gasteiger partial charge < -0.3 is 25.0 Å². The third-order valence-corrected chi connectivity index (χ3v) is 2.82. The minimum Gasteiger partial charge on any atom is -0.479 e. The predicted molar refractivity (Wildman–Crippen MR) is 64.8 cm³/mol. The zero-order valence-electron chi connectivity index (χ0n) is 10.9. The number of aryl methyl sites for hydroxylation is 1. The Morgan fingerprint density at radius 3 is 2.37 bits per heavy atom. The number of aromatic nitrogens is 1. The Morgan fingerprint density at radius 1 is 1.32 bits per heavy atom. The number of carbonyl (C=O) groups is 2. The van der Waals surface area contributed by atoms with Crippen molar-refractivity contribution in [3.8, 4) is 0 Å². The number of aliphatic carboxylic acids is 1. The number of esters is 1. The smallest absolute Gasteiger partial charge is 0.355 e. The lowest BCUT2D eigenvalue weighted by atomic mass is 10.00. The fourth-order valence-corrected chi connectivity index (χ4v) is 1.91. The Kier molecular flexibility index (Phi) is 4.68. The van der Waals surface area contributed by atoms with Gasteiger partial charge in [0.15, 0.2) is 6.10 Å². The summed E-state index contributed by atoms with van der Waals surface area (Å²) in [6, 6.07) is 0. The molecule has 0 aliphatic heterocycles. The van der Waals surface area contributed by atoms with E-state index in [0.29, 0.717) is 11.3 Å². The van der Waals surface area contributed by atoms with Crippen molar-refractivity contribution in [3.05, 3.63) is 22.5 Å². The lowest BCUT2D eigenvalue weighted by Crippen LogP contribution is -2.28. The molecule has 0 fully saturated rings. The number of aromatic amines is 1. The third kappa shape index (κ3) is 2.94. The first kappa shape index (κ1) is 15.2. The average molecular weight is 271 g/mol. The van der Waals surface area contributed by atoms with Gasteiger partial charge in [0.2, 0.25) is 0 Å². The van der Waals surface area contributed by atoms with Crippen LogP contribution in [0, 0.1) is 13.8 Å². The molecule has 2 unspecified atom stereocenters. The van der Waals surface area contributed by atoms with Crippen molar-refractivity contribution in [1.82, 2.24) is 4.98 Å². The van der Waals surface area contributed by atoms with Crippen LogP contribution >= 0.6 is 0 Å². The molecule has 1 rings (SSSR count). The van der Waals surface area contributed by atoms with Gasteiger partial charge in [-0.2, -0.15) is 0 Å². The number of hydrogen-bond donors (Lipinski definition) is 4. The first-order valence-corrected chi connectivity index (χ1v) is 5.76. The summed E-state index contributed by atoms with van der Waals surface area (Å²) >= 11 is 0. The normalized spacial score (nSPS) is 13.9. The number of rotatable bonds is 5. The van der Waals surface area contributed by atoms with Gasteiger partial charge in [0, 0.05) is 11.3 Å². The Labute approximate surface area is 109 Å². The van der Waals surface area contributed by atoms with Gasteiger partial charge in [-0.05, 0) is 26.3 Å². The Hall–Kier alpha value is -1.86. The van der Waals surface area contributed by atoms with Crippen molar-refractivity contribution in [3.63, 3.8) is 0 Å². The van der Waals surface area contributed by atoms with Crippen LogP contribution in [0.1, 0.15) is 40.3 Å². The first-order valence-electron chi connectivity index (χ1n) is 5.76. The SMILES string of the molecule is CCOC(=O)c1[nH]c(C)c(C(O)C(O)C(=O)O)c1C. The summed E-state index contributed by atoms with van der Waals surface area (Å²) in [4.78, 5) is 25.0. The topological polar surface area (TPSA) is 120 Å². The second kappa shape index (κ2) is 5.85. The minimum atomic E-state index is -1.96. The summed E-state index contributed by atoms with van der Waals surface area (Å²) in [5.74, 6) is -2.13. The maximum absolute atomic E-state index is 11.6. The summed E-state index contributed by atoms with van der Waals surface area (Å²) in [7, 11) is 0. The van der Waals surface area contributed by atoms with E-state index in [0.717, 1.165) is 0 Å². The van der Waals surface area contributed by atoms with Crippen molar-refractivity contribution in [2.45, 2.75) is 33.0 Å². The Bertz CT molecular complexity index is 493. The molecule has 0 aliphatic carbocycles. The molecule has 0 saturated carbocycles.